The van der Waals surface area contributed by atoms with Gasteiger partial charge in [0.2, 0.25) is 5.91 Å². The Hall–Kier alpha value is -1.70. The first kappa shape index (κ1) is 18.6. The third-order valence-electron chi connectivity index (χ3n) is 3.18. The van der Waals surface area contributed by atoms with Crippen LogP contribution < -0.4 is 16.8 Å². The van der Waals surface area contributed by atoms with Gasteiger partial charge in [0, 0.05) is 16.1 Å². The van der Waals surface area contributed by atoms with Crippen molar-refractivity contribution in [3.63, 3.8) is 0 Å². The van der Waals surface area contributed by atoms with Crippen LogP contribution in [0.1, 0.15) is 25.5 Å². The molecule has 5 N–H and O–H groups in total. The number of halogens is 2. The summed E-state index contributed by atoms with van der Waals surface area (Å²) in [5.41, 5.74) is 12.0. The molecule has 0 aliphatic rings. The second kappa shape index (κ2) is 7.92. The standard InChI is InChI=1S/C15H17Cl2N5OS/c1-7(10-4-3-9(16)5-11(10)17)20-14(23)8(2)24-15-21-12(18)6-13(19)22-15/h3-8H,1-2H3,(H,20,23)(H4,18,19,21,22)/t7-,8+/m0/s1. The van der Waals surface area contributed by atoms with Crippen molar-refractivity contribution in [3.05, 3.63) is 39.9 Å². The highest BCUT2D eigenvalue weighted by Crippen LogP contribution is 2.27. The van der Waals surface area contributed by atoms with Crippen LogP contribution in [0.25, 0.3) is 0 Å². The number of nitrogens with one attached hydrogen (secondary N) is 1. The first-order valence-electron chi connectivity index (χ1n) is 7.08. The van der Waals surface area contributed by atoms with Crippen LogP contribution in [-0.2, 0) is 4.79 Å². The van der Waals surface area contributed by atoms with Crippen molar-refractivity contribution in [2.45, 2.75) is 30.3 Å². The summed E-state index contributed by atoms with van der Waals surface area (Å²) in [5, 5.41) is 3.87. The van der Waals surface area contributed by atoms with Crippen LogP contribution in [0.2, 0.25) is 10.0 Å². The molecule has 0 radical (unpaired) electrons. The molecule has 0 aliphatic heterocycles. The number of carbonyl (C=O) groups excluding carboxylic acids is 1. The molecule has 1 amide bonds. The van der Waals surface area contributed by atoms with Gasteiger partial charge in [-0.3, -0.25) is 4.79 Å². The summed E-state index contributed by atoms with van der Waals surface area (Å²) in [4.78, 5) is 20.5. The maximum absolute atomic E-state index is 12.4. The number of nitrogen functional groups attached to an aromatic ring is 2. The van der Waals surface area contributed by atoms with E-state index in [-0.39, 0.29) is 23.6 Å². The highest BCUT2D eigenvalue weighted by molar-refractivity contribution is 8.00. The van der Waals surface area contributed by atoms with E-state index in [0.29, 0.717) is 15.2 Å². The fourth-order valence-electron chi connectivity index (χ4n) is 1.99. The number of hydrogen-bond acceptors (Lipinski definition) is 6. The first-order valence-corrected chi connectivity index (χ1v) is 8.72. The molecule has 0 spiro atoms. The number of hydrogen-bond donors (Lipinski definition) is 3. The molecule has 2 rings (SSSR count). The lowest BCUT2D eigenvalue weighted by Gasteiger charge is -2.18. The molecule has 1 aromatic carbocycles. The molecule has 24 heavy (non-hydrogen) atoms. The van der Waals surface area contributed by atoms with Crippen LogP contribution in [-0.4, -0.2) is 21.1 Å². The number of anilines is 2. The van der Waals surface area contributed by atoms with Crippen LogP contribution in [0.3, 0.4) is 0 Å². The van der Waals surface area contributed by atoms with E-state index in [4.69, 9.17) is 34.7 Å². The molecule has 9 heteroatoms. The maximum Gasteiger partial charge on any atom is 0.233 e. The normalized spacial score (nSPS) is 13.3. The van der Waals surface area contributed by atoms with E-state index in [9.17, 15) is 4.79 Å². The lowest BCUT2D eigenvalue weighted by Crippen LogP contribution is -2.33. The zero-order valence-corrected chi connectivity index (χ0v) is 15.4. The number of aromatic nitrogens is 2. The minimum absolute atomic E-state index is 0.178. The van der Waals surface area contributed by atoms with Gasteiger partial charge in [-0.2, -0.15) is 0 Å². The van der Waals surface area contributed by atoms with Gasteiger partial charge in [-0.05, 0) is 31.5 Å². The van der Waals surface area contributed by atoms with Crippen molar-refractivity contribution in [1.29, 1.82) is 0 Å². The van der Waals surface area contributed by atoms with Crippen molar-refractivity contribution in [3.8, 4) is 0 Å². The Bertz CT molecular complexity index is 738. The Labute approximate surface area is 154 Å². The predicted octanol–water partition coefficient (Wildman–Crippen LogP) is 3.31. The first-order chi connectivity index (χ1) is 11.3. The smallest absolute Gasteiger partial charge is 0.233 e. The van der Waals surface area contributed by atoms with E-state index >= 15 is 0 Å². The van der Waals surface area contributed by atoms with Crippen molar-refractivity contribution >= 4 is 52.5 Å². The minimum Gasteiger partial charge on any atom is -0.383 e. The number of rotatable bonds is 5. The van der Waals surface area contributed by atoms with Gasteiger partial charge in [0.25, 0.3) is 0 Å². The number of thioether (sulfide) groups is 1. The van der Waals surface area contributed by atoms with Gasteiger partial charge in [-0.25, -0.2) is 9.97 Å². The Morgan fingerprint density at radius 3 is 2.38 bits per heavy atom. The highest BCUT2D eigenvalue weighted by atomic mass is 35.5. The lowest BCUT2D eigenvalue weighted by atomic mass is 10.1. The number of carbonyl (C=O) groups is 1. The van der Waals surface area contributed by atoms with E-state index in [1.54, 1.807) is 25.1 Å². The average Bonchev–Trinajstić information content (AvgIpc) is 2.45. The lowest BCUT2D eigenvalue weighted by molar-refractivity contribution is -0.120. The van der Waals surface area contributed by atoms with Gasteiger partial charge in [0.05, 0.1) is 11.3 Å². The Balaban J connectivity index is 2.02. The second-order valence-electron chi connectivity index (χ2n) is 5.16. The van der Waals surface area contributed by atoms with Crippen molar-refractivity contribution < 1.29 is 4.79 Å². The maximum atomic E-state index is 12.4. The number of nitrogens with zero attached hydrogens (tertiary/aromatic N) is 2. The molecule has 6 nitrogen and oxygen atoms in total. The van der Waals surface area contributed by atoms with E-state index in [2.05, 4.69) is 15.3 Å². The van der Waals surface area contributed by atoms with Gasteiger partial charge in [0.15, 0.2) is 5.16 Å². The molecule has 0 bridgehead atoms. The number of benzene rings is 1. The Morgan fingerprint density at radius 2 is 1.79 bits per heavy atom. The van der Waals surface area contributed by atoms with Gasteiger partial charge in [-0.1, -0.05) is 41.0 Å². The zero-order chi connectivity index (χ0) is 17.9. The molecule has 2 atom stereocenters. The van der Waals surface area contributed by atoms with Gasteiger partial charge in [-0.15, -0.1) is 0 Å². The van der Waals surface area contributed by atoms with Gasteiger partial charge < -0.3 is 16.8 Å². The van der Waals surface area contributed by atoms with Crippen molar-refractivity contribution in [2.24, 2.45) is 0 Å². The van der Waals surface area contributed by atoms with Crippen molar-refractivity contribution in [1.82, 2.24) is 15.3 Å². The summed E-state index contributed by atoms with van der Waals surface area (Å²) >= 11 is 13.2. The highest BCUT2D eigenvalue weighted by Gasteiger charge is 2.20. The zero-order valence-electron chi connectivity index (χ0n) is 13.1. The molecule has 0 fully saturated rings. The van der Waals surface area contributed by atoms with Crippen LogP contribution in [0, 0.1) is 0 Å². The second-order valence-corrected chi connectivity index (χ2v) is 7.31. The molecule has 128 valence electrons. The number of amides is 1. The van der Waals surface area contributed by atoms with Crippen LogP contribution >= 0.6 is 35.0 Å². The third-order valence-corrected chi connectivity index (χ3v) is 4.71. The Morgan fingerprint density at radius 1 is 1.17 bits per heavy atom. The van der Waals surface area contributed by atoms with Crippen LogP contribution in [0.5, 0.6) is 0 Å². The van der Waals surface area contributed by atoms with Crippen LogP contribution in [0.15, 0.2) is 29.4 Å². The summed E-state index contributed by atoms with van der Waals surface area (Å²) in [5.74, 6) is 0.348. The topological polar surface area (TPSA) is 107 Å². The largest absolute Gasteiger partial charge is 0.383 e. The summed E-state index contributed by atoms with van der Waals surface area (Å²) < 4.78 is 0. The molecule has 0 aliphatic carbocycles. The van der Waals surface area contributed by atoms with Gasteiger partial charge >= 0.3 is 0 Å². The van der Waals surface area contributed by atoms with E-state index in [1.165, 1.54) is 17.8 Å². The fourth-order valence-corrected chi connectivity index (χ4v) is 3.37. The molecule has 0 saturated carbocycles. The molecule has 0 unspecified atom stereocenters. The molecule has 1 heterocycles. The molecular weight excluding hydrogens is 369 g/mol. The third kappa shape index (κ3) is 4.90. The van der Waals surface area contributed by atoms with Crippen molar-refractivity contribution in [2.75, 3.05) is 11.5 Å². The van der Waals surface area contributed by atoms with E-state index in [0.717, 1.165) is 5.56 Å². The fraction of sp³-hybridized carbons (Fsp3) is 0.267. The van der Waals surface area contributed by atoms with E-state index in [1.807, 2.05) is 6.92 Å². The summed E-state index contributed by atoms with van der Waals surface area (Å²) in [7, 11) is 0. The average molecular weight is 386 g/mol. The van der Waals surface area contributed by atoms with Crippen LogP contribution in [0.4, 0.5) is 11.6 Å². The summed E-state index contributed by atoms with van der Waals surface area (Å²) in [6, 6.07) is 6.35. The molecule has 0 saturated heterocycles. The molecule has 2 aromatic rings. The number of nitrogens with two attached hydrogens (primary N) is 2. The SMILES string of the molecule is C[C@H](NC(=O)[C@@H](C)Sc1nc(N)cc(N)n1)c1ccc(Cl)cc1Cl. The summed E-state index contributed by atoms with van der Waals surface area (Å²) in [6.45, 7) is 3.60. The molecule has 1 aromatic heterocycles. The predicted molar refractivity (Wildman–Crippen MR) is 99.2 cm³/mol. The quantitative estimate of drug-likeness (QED) is 0.538. The molecular formula is C15H17Cl2N5OS. The summed E-state index contributed by atoms with van der Waals surface area (Å²) in [6.07, 6.45) is 0. The van der Waals surface area contributed by atoms with Gasteiger partial charge in [0.1, 0.15) is 11.6 Å². The monoisotopic (exact) mass is 385 g/mol. The Kier molecular flexibility index (Phi) is 6.15. The minimum atomic E-state index is -0.431. The van der Waals surface area contributed by atoms with E-state index < -0.39 is 5.25 Å².